The van der Waals surface area contributed by atoms with Crippen molar-refractivity contribution < 1.29 is 14.3 Å². The van der Waals surface area contributed by atoms with E-state index in [2.05, 4.69) is 27.7 Å². The van der Waals surface area contributed by atoms with E-state index in [0.717, 1.165) is 18.6 Å². The molecule has 0 spiro atoms. The summed E-state index contributed by atoms with van der Waals surface area (Å²) in [6, 6.07) is 6.81. The number of carbonyl (C=O) groups is 2. The predicted octanol–water partition coefficient (Wildman–Crippen LogP) is 3.07. The van der Waals surface area contributed by atoms with Gasteiger partial charge in [0.1, 0.15) is 12.1 Å². The Hall–Kier alpha value is -2.96. The quantitative estimate of drug-likeness (QED) is 0.523. The van der Waals surface area contributed by atoms with E-state index < -0.39 is 11.8 Å². The first-order chi connectivity index (χ1) is 13.2. The Morgan fingerprint density at radius 1 is 1.00 bits per heavy atom. The Morgan fingerprint density at radius 2 is 1.74 bits per heavy atom. The van der Waals surface area contributed by atoms with Gasteiger partial charge in [-0.25, -0.2) is 9.97 Å². The van der Waals surface area contributed by atoms with Crippen LogP contribution in [0.15, 0.2) is 36.8 Å². The first kappa shape index (κ1) is 20.4. The zero-order chi connectivity index (χ0) is 19.5. The van der Waals surface area contributed by atoms with E-state index in [4.69, 9.17) is 4.74 Å². The Kier molecular flexibility index (Phi) is 8.22. The summed E-state index contributed by atoms with van der Waals surface area (Å²) >= 11 is 0. The van der Waals surface area contributed by atoms with Crippen LogP contribution in [0.1, 0.15) is 65.9 Å². The van der Waals surface area contributed by atoms with Crippen LogP contribution in [-0.2, 0) is 6.42 Å². The zero-order valence-corrected chi connectivity index (χ0v) is 15.8. The minimum Gasteiger partial charge on any atom is -0.494 e. The van der Waals surface area contributed by atoms with Crippen molar-refractivity contribution in [1.29, 1.82) is 0 Å². The van der Waals surface area contributed by atoms with E-state index in [1.165, 1.54) is 25.4 Å². The molecule has 27 heavy (non-hydrogen) atoms. The highest BCUT2D eigenvalue weighted by atomic mass is 16.5. The first-order valence-electron chi connectivity index (χ1n) is 9.28. The van der Waals surface area contributed by atoms with Gasteiger partial charge in [0.05, 0.1) is 17.9 Å². The van der Waals surface area contributed by atoms with E-state index in [-0.39, 0.29) is 0 Å². The number of hydrogen-bond donors (Lipinski definition) is 2. The number of unbranched alkanes of at least 4 members (excludes halogenated alkanes) is 3. The molecule has 2 aromatic rings. The Bertz CT molecular complexity index is 747. The fourth-order valence-corrected chi connectivity index (χ4v) is 2.50. The standard InChI is InChI=1S/C20H26N4O3/c1-3-5-6-7-12-27-16-10-8-15(9-11-16)19(25)23-24-20(26)17-13-21-14-22-18(17)4-2/h8-11,13-14H,3-7,12H2,1-2H3,(H,23,25)(H,24,26). The van der Waals surface area contributed by atoms with Crippen LogP contribution < -0.4 is 15.6 Å². The van der Waals surface area contributed by atoms with Gasteiger partial charge in [-0.05, 0) is 37.1 Å². The second-order valence-corrected chi connectivity index (χ2v) is 6.08. The molecule has 1 aromatic heterocycles. The molecule has 7 heteroatoms. The summed E-state index contributed by atoms with van der Waals surface area (Å²) in [5, 5.41) is 0. The average molecular weight is 370 g/mol. The van der Waals surface area contributed by atoms with Crippen LogP contribution >= 0.6 is 0 Å². The van der Waals surface area contributed by atoms with Crippen LogP contribution in [0.25, 0.3) is 0 Å². The number of ether oxygens (including phenoxy) is 1. The maximum atomic E-state index is 12.2. The molecule has 0 atom stereocenters. The summed E-state index contributed by atoms with van der Waals surface area (Å²) < 4.78 is 5.65. The molecule has 0 aliphatic rings. The first-order valence-corrected chi connectivity index (χ1v) is 9.28. The zero-order valence-electron chi connectivity index (χ0n) is 15.8. The van der Waals surface area contributed by atoms with Crippen molar-refractivity contribution in [3.63, 3.8) is 0 Å². The van der Waals surface area contributed by atoms with Crippen molar-refractivity contribution in [1.82, 2.24) is 20.8 Å². The number of rotatable bonds is 9. The third-order valence-corrected chi connectivity index (χ3v) is 4.05. The fourth-order valence-electron chi connectivity index (χ4n) is 2.50. The van der Waals surface area contributed by atoms with Crippen LogP contribution in [-0.4, -0.2) is 28.4 Å². The number of aromatic nitrogens is 2. The van der Waals surface area contributed by atoms with Crippen LogP contribution in [0.2, 0.25) is 0 Å². The predicted molar refractivity (Wildman–Crippen MR) is 102 cm³/mol. The second-order valence-electron chi connectivity index (χ2n) is 6.08. The second kappa shape index (κ2) is 10.9. The molecule has 0 bridgehead atoms. The molecule has 7 nitrogen and oxygen atoms in total. The number of hydrogen-bond acceptors (Lipinski definition) is 5. The summed E-state index contributed by atoms with van der Waals surface area (Å²) in [6.07, 6.45) is 8.00. The van der Waals surface area contributed by atoms with Gasteiger partial charge >= 0.3 is 0 Å². The molecule has 0 aliphatic carbocycles. The van der Waals surface area contributed by atoms with Gasteiger partial charge in [-0.3, -0.25) is 20.4 Å². The maximum Gasteiger partial charge on any atom is 0.273 e. The lowest BCUT2D eigenvalue weighted by molar-refractivity contribution is 0.0845. The van der Waals surface area contributed by atoms with Crippen molar-refractivity contribution in [2.24, 2.45) is 0 Å². The number of nitrogens with zero attached hydrogens (tertiary/aromatic N) is 2. The van der Waals surface area contributed by atoms with Crippen LogP contribution in [0, 0.1) is 0 Å². The van der Waals surface area contributed by atoms with Crippen molar-refractivity contribution in [3.8, 4) is 5.75 Å². The van der Waals surface area contributed by atoms with Crippen molar-refractivity contribution in [3.05, 3.63) is 53.6 Å². The normalized spacial score (nSPS) is 10.3. The van der Waals surface area contributed by atoms with E-state index in [9.17, 15) is 9.59 Å². The number of aryl methyl sites for hydroxylation is 1. The van der Waals surface area contributed by atoms with Gasteiger partial charge in [0.2, 0.25) is 0 Å². The van der Waals surface area contributed by atoms with Gasteiger partial charge in [0.25, 0.3) is 11.8 Å². The monoisotopic (exact) mass is 370 g/mol. The molecule has 144 valence electrons. The molecular weight excluding hydrogens is 344 g/mol. The molecule has 2 amide bonds. The fraction of sp³-hybridized carbons (Fsp3) is 0.400. The molecular formula is C20H26N4O3. The van der Waals surface area contributed by atoms with Crippen molar-refractivity contribution in [2.45, 2.75) is 46.0 Å². The lowest BCUT2D eigenvalue weighted by atomic mass is 10.2. The summed E-state index contributed by atoms with van der Waals surface area (Å²) in [5.74, 6) is -0.137. The average Bonchev–Trinajstić information content (AvgIpc) is 2.72. The maximum absolute atomic E-state index is 12.2. The van der Waals surface area contributed by atoms with Crippen LogP contribution in [0.3, 0.4) is 0 Å². The lowest BCUT2D eigenvalue weighted by Gasteiger charge is -2.10. The molecule has 1 aromatic carbocycles. The topological polar surface area (TPSA) is 93.2 Å². The van der Waals surface area contributed by atoms with Crippen LogP contribution in [0.4, 0.5) is 0 Å². The van der Waals surface area contributed by atoms with Gasteiger partial charge in [-0.2, -0.15) is 0 Å². The molecule has 0 saturated carbocycles. The smallest absolute Gasteiger partial charge is 0.273 e. The number of amides is 2. The summed E-state index contributed by atoms with van der Waals surface area (Å²) in [5.41, 5.74) is 6.18. The van der Waals surface area contributed by atoms with E-state index >= 15 is 0 Å². The van der Waals surface area contributed by atoms with Gasteiger partial charge in [-0.1, -0.05) is 33.1 Å². The molecule has 0 radical (unpaired) electrons. The van der Waals surface area contributed by atoms with Gasteiger partial charge in [0, 0.05) is 11.8 Å². The highest BCUT2D eigenvalue weighted by Crippen LogP contribution is 2.13. The minimum absolute atomic E-state index is 0.340. The Balaban J connectivity index is 1.82. The van der Waals surface area contributed by atoms with Gasteiger partial charge in [-0.15, -0.1) is 0 Å². The van der Waals surface area contributed by atoms with Crippen molar-refractivity contribution >= 4 is 11.8 Å². The molecule has 0 saturated heterocycles. The molecule has 2 N–H and O–H groups in total. The highest BCUT2D eigenvalue weighted by Gasteiger charge is 2.13. The molecule has 0 fully saturated rings. The summed E-state index contributed by atoms with van der Waals surface area (Å²) in [7, 11) is 0. The minimum atomic E-state index is -0.451. The largest absolute Gasteiger partial charge is 0.494 e. The molecule has 0 aliphatic heterocycles. The highest BCUT2D eigenvalue weighted by molar-refractivity contribution is 5.99. The number of carbonyl (C=O) groups excluding carboxylic acids is 2. The molecule has 2 rings (SSSR count). The van der Waals surface area contributed by atoms with E-state index in [1.807, 2.05) is 6.92 Å². The Morgan fingerprint density at radius 3 is 2.44 bits per heavy atom. The third-order valence-electron chi connectivity index (χ3n) is 4.05. The van der Waals surface area contributed by atoms with Gasteiger partial charge in [0.15, 0.2) is 0 Å². The van der Waals surface area contributed by atoms with Gasteiger partial charge < -0.3 is 4.74 Å². The summed E-state index contributed by atoms with van der Waals surface area (Å²) in [6.45, 7) is 4.73. The molecule has 0 unspecified atom stereocenters. The molecule has 1 heterocycles. The van der Waals surface area contributed by atoms with Crippen LogP contribution in [0.5, 0.6) is 5.75 Å². The SMILES string of the molecule is CCCCCCOc1ccc(C(=O)NNC(=O)c2cncnc2CC)cc1. The Labute approximate surface area is 159 Å². The lowest BCUT2D eigenvalue weighted by Crippen LogP contribution is -2.42. The number of benzene rings is 1. The van der Waals surface area contributed by atoms with E-state index in [0.29, 0.717) is 29.8 Å². The summed E-state index contributed by atoms with van der Waals surface area (Å²) in [4.78, 5) is 32.3. The number of hydrazine groups is 1. The van der Waals surface area contributed by atoms with E-state index in [1.54, 1.807) is 24.3 Å². The van der Waals surface area contributed by atoms with Crippen molar-refractivity contribution in [2.75, 3.05) is 6.61 Å². The third kappa shape index (κ3) is 6.36. The number of nitrogens with one attached hydrogen (secondary N) is 2.